The van der Waals surface area contributed by atoms with Crippen molar-refractivity contribution in [1.82, 2.24) is 15.0 Å². The summed E-state index contributed by atoms with van der Waals surface area (Å²) >= 11 is 5.45. The molecule has 1 aromatic heterocycles. The monoisotopic (exact) mass is 257 g/mol. The van der Waals surface area contributed by atoms with Crippen LogP contribution in [0.1, 0.15) is 6.42 Å². The summed E-state index contributed by atoms with van der Waals surface area (Å²) in [4.78, 5) is 10.6. The zero-order chi connectivity index (χ0) is 12.2. The number of hydrogen-bond donors (Lipinski definition) is 0. The fourth-order valence-electron chi connectivity index (χ4n) is 0.729. The van der Waals surface area contributed by atoms with Crippen LogP contribution < -0.4 is 9.47 Å². The van der Waals surface area contributed by atoms with Gasteiger partial charge in [0.1, 0.15) is 6.61 Å². The second-order valence-corrected chi connectivity index (χ2v) is 2.93. The van der Waals surface area contributed by atoms with Crippen LogP contribution in [0.25, 0.3) is 0 Å². The number of nitrogens with zero attached hydrogens (tertiary/aromatic N) is 3. The van der Waals surface area contributed by atoms with Gasteiger partial charge in [0.2, 0.25) is 5.28 Å². The van der Waals surface area contributed by atoms with Gasteiger partial charge < -0.3 is 9.47 Å². The molecule has 0 fully saturated rings. The van der Waals surface area contributed by atoms with Crippen molar-refractivity contribution in [2.45, 2.75) is 12.6 Å². The first-order valence-corrected chi connectivity index (χ1v) is 4.43. The molecule has 0 saturated carbocycles. The van der Waals surface area contributed by atoms with E-state index in [0.29, 0.717) is 0 Å². The van der Waals surface area contributed by atoms with Gasteiger partial charge in [-0.2, -0.15) is 23.1 Å². The first-order valence-electron chi connectivity index (χ1n) is 4.06. The van der Waals surface area contributed by atoms with Gasteiger partial charge in [-0.1, -0.05) is 0 Å². The van der Waals surface area contributed by atoms with Crippen molar-refractivity contribution in [3.05, 3.63) is 5.28 Å². The Morgan fingerprint density at radius 3 is 2.38 bits per heavy atom. The van der Waals surface area contributed by atoms with Crippen LogP contribution in [0.3, 0.4) is 0 Å². The molecule has 9 heteroatoms. The van der Waals surface area contributed by atoms with E-state index in [1.54, 1.807) is 0 Å². The van der Waals surface area contributed by atoms with Crippen LogP contribution in [-0.4, -0.2) is 34.8 Å². The molecule has 90 valence electrons. The standard InChI is InChI=1S/C7H7ClF3N3O2/c1-15-5-12-4(8)13-6(14-5)16-3-2-7(9,10)11/h2-3H2,1H3. The van der Waals surface area contributed by atoms with Crippen molar-refractivity contribution < 1.29 is 22.6 Å². The maximum absolute atomic E-state index is 11.8. The number of hydrogen-bond acceptors (Lipinski definition) is 5. The highest BCUT2D eigenvalue weighted by molar-refractivity contribution is 6.28. The van der Waals surface area contributed by atoms with Crippen LogP contribution >= 0.6 is 11.6 Å². The third-order valence-corrected chi connectivity index (χ3v) is 1.54. The summed E-state index contributed by atoms with van der Waals surface area (Å²) in [6, 6.07) is -0.428. The second kappa shape index (κ2) is 5.15. The molecule has 0 bridgehead atoms. The topological polar surface area (TPSA) is 57.1 Å². The SMILES string of the molecule is COc1nc(Cl)nc(OCCC(F)(F)F)n1. The molecule has 0 aliphatic carbocycles. The molecule has 1 heterocycles. The summed E-state index contributed by atoms with van der Waals surface area (Å²) in [5, 5.41) is -0.214. The Kier molecular flexibility index (Phi) is 4.11. The van der Waals surface area contributed by atoms with E-state index >= 15 is 0 Å². The average molecular weight is 258 g/mol. The largest absolute Gasteiger partial charge is 0.467 e. The normalized spacial score (nSPS) is 11.3. The first-order chi connectivity index (χ1) is 7.40. The zero-order valence-electron chi connectivity index (χ0n) is 8.08. The van der Waals surface area contributed by atoms with Gasteiger partial charge >= 0.3 is 18.2 Å². The molecule has 0 aliphatic rings. The van der Waals surface area contributed by atoms with Crippen LogP contribution in [0.15, 0.2) is 0 Å². The zero-order valence-corrected chi connectivity index (χ0v) is 8.84. The van der Waals surface area contributed by atoms with Crippen molar-refractivity contribution in [3.8, 4) is 12.0 Å². The predicted octanol–water partition coefficient (Wildman–Crippen LogP) is 1.86. The second-order valence-electron chi connectivity index (χ2n) is 2.59. The molecule has 0 aliphatic heterocycles. The highest BCUT2D eigenvalue weighted by Gasteiger charge is 2.27. The Balaban J connectivity index is 2.57. The molecule has 0 atom stereocenters. The molecule has 16 heavy (non-hydrogen) atoms. The van der Waals surface area contributed by atoms with Gasteiger partial charge in [-0.25, -0.2) is 0 Å². The summed E-state index contributed by atoms with van der Waals surface area (Å²) in [6.07, 6.45) is -5.39. The Labute approximate surface area is 93.6 Å². The summed E-state index contributed by atoms with van der Waals surface area (Å²) < 4.78 is 44.7. The third kappa shape index (κ3) is 4.47. The van der Waals surface area contributed by atoms with E-state index < -0.39 is 19.2 Å². The molecular formula is C7H7ClF3N3O2. The van der Waals surface area contributed by atoms with E-state index in [1.807, 2.05) is 0 Å². The van der Waals surface area contributed by atoms with Crippen LogP contribution in [0.4, 0.5) is 13.2 Å². The van der Waals surface area contributed by atoms with Crippen LogP contribution in [0.2, 0.25) is 5.28 Å². The Bertz CT molecular complexity index is 361. The van der Waals surface area contributed by atoms with Gasteiger partial charge in [-0.15, -0.1) is 4.98 Å². The lowest BCUT2D eigenvalue weighted by molar-refractivity contribution is -0.139. The number of methoxy groups -OCH3 is 1. The molecule has 1 aromatic rings. The summed E-state index contributed by atoms with van der Waals surface area (Å²) in [6.45, 7) is -0.590. The first kappa shape index (κ1) is 12.8. The summed E-state index contributed by atoms with van der Waals surface area (Å²) in [5.41, 5.74) is 0. The van der Waals surface area contributed by atoms with E-state index in [2.05, 4.69) is 24.4 Å². The van der Waals surface area contributed by atoms with Gasteiger partial charge in [0.15, 0.2) is 0 Å². The highest BCUT2D eigenvalue weighted by Crippen LogP contribution is 2.20. The van der Waals surface area contributed by atoms with Crippen molar-refractivity contribution >= 4 is 11.6 Å². The average Bonchev–Trinajstić information content (AvgIpc) is 2.14. The van der Waals surface area contributed by atoms with Gasteiger partial charge in [0.05, 0.1) is 13.5 Å². The molecule has 0 amide bonds. The lowest BCUT2D eigenvalue weighted by atomic mass is 10.4. The van der Waals surface area contributed by atoms with Gasteiger partial charge in [0.25, 0.3) is 0 Å². The van der Waals surface area contributed by atoms with E-state index in [4.69, 9.17) is 11.6 Å². The van der Waals surface area contributed by atoms with Crippen LogP contribution in [0.5, 0.6) is 12.0 Å². The fourth-order valence-corrected chi connectivity index (χ4v) is 0.873. The fraction of sp³-hybridized carbons (Fsp3) is 0.571. The number of aromatic nitrogens is 3. The number of rotatable bonds is 4. The number of halogens is 4. The van der Waals surface area contributed by atoms with Gasteiger partial charge in [-0.05, 0) is 11.6 Å². The van der Waals surface area contributed by atoms with E-state index in [0.717, 1.165) is 0 Å². The van der Waals surface area contributed by atoms with Crippen molar-refractivity contribution in [3.63, 3.8) is 0 Å². The Hall–Kier alpha value is -1.31. The molecule has 0 radical (unpaired) electrons. The number of alkyl halides is 3. The molecule has 5 nitrogen and oxygen atoms in total. The van der Waals surface area contributed by atoms with E-state index in [9.17, 15) is 13.2 Å². The number of ether oxygens (including phenoxy) is 2. The van der Waals surface area contributed by atoms with Crippen molar-refractivity contribution in [1.29, 1.82) is 0 Å². The maximum Gasteiger partial charge on any atom is 0.392 e. The lowest BCUT2D eigenvalue weighted by Crippen LogP contribution is -2.14. The Morgan fingerprint density at radius 1 is 1.19 bits per heavy atom. The minimum Gasteiger partial charge on any atom is -0.467 e. The van der Waals surface area contributed by atoms with Crippen LogP contribution in [0, 0.1) is 0 Å². The van der Waals surface area contributed by atoms with Crippen molar-refractivity contribution in [2.24, 2.45) is 0 Å². The van der Waals surface area contributed by atoms with Gasteiger partial charge in [-0.3, -0.25) is 0 Å². The predicted molar refractivity (Wildman–Crippen MR) is 47.6 cm³/mol. The Morgan fingerprint density at radius 2 is 1.81 bits per heavy atom. The lowest BCUT2D eigenvalue weighted by Gasteiger charge is -2.07. The third-order valence-electron chi connectivity index (χ3n) is 1.37. The van der Waals surface area contributed by atoms with Crippen LogP contribution in [-0.2, 0) is 0 Å². The minimum absolute atomic E-state index is 0.123. The van der Waals surface area contributed by atoms with E-state index in [-0.39, 0.29) is 17.3 Å². The molecule has 0 spiro atoms. The molecule has 1 rings (SSSR count). The quantitative estimate of drug-likeness (QED) is 0.824. The minimum atomic E-state index is -4.29. The molecular weight excluding hydrogens is 251 g/mol. The maximum atomic E-state index is 11.8. The summed E-state index contributed by atoms with van der Waals surface area (Å²) in [5.74, 6) is 0. The smallest absolute Gasteiger partial charge is 0.392 e. The molecule has 0 saturated heterocycles. The molecule has 0 aromatic carbocycles. The highest BCUT2D eigenvalue weighted by atomic mass is 35.5. The summed E-state index contributed by atoms with van der Waals surface area (Å²) in [7, 11) is 1.28. The molecule has 0 unspecified atom stereocenters. The molecule has 0 N–H and O–H groups in total. The van der Waals surface area contributed by atoms with Gasteiger partial charge in [0, 0.05) is 0 Å². The van der Waals surface area contributed by atoms with E-state index in [1.165, 1.54) is 7.11 Å². The van der Waals surface area contributed by atoms with Crippen molar-refractivity contribution in [2.75, 3.05) is 13.7 Å².